The smallest absolute Gasteiger partial charge is 0.119 e. The minimum atomic E-state index is -0.734. The molecule has 28 heavy (non-hydrogen) atoms. The van der Waals surface area contributed by atoms with Crippen LogP contribution in [-0.4, -0.2) is 43.4 Å². The van der Waals surface area contributed by atoms with Crippen LogP contribution in [0.15, 0.2) is 60.2 Å². The Morgan fingerprint density at radius 2 is 1.93 bits per heavy atom. The zero-order chi connectivity index (χ0) is 20.0. The summed E-state index contributed by atoms with van der Waals surface area (Å²) in [5.74, 6) is 1.12. The molecular weight excluding hydrogens is 346 g/mol. The van der Waals surface area contributed by atoms with Crippen molar-refractivity contribution in [2.24, 2.45) is 5.92 Å². The lowest BCUT2D eigenvalue weighted by atomic mass is 9.82. The van der Waals surface area contributed by atoms with Gasteiger partial charge in [-0.1, -0.05) is 48.5 Å². The van der Waals surface area contributed by atoms with E-state index in [0.29, 0.717) is 0 Å². The van der Waals surface area contributed by atoms with E-state index in [0.717, 1.165) is 50.0 Å². The van der Waals surface area contributed by atoms with Crippen molar-refractivity contribution in [2.75, 3.05) is 27.7 Å². The fraction of sp³-hybridized carbons (Fsp3) is 0.440. The Kier molecular flexibility index (Phi) is 6.93. The van der Waals surface area contributed by atoms with Crippen LogP contribution < -0.4 is 4.74 Å². The molecule has 2 aromatic carbocycles. The molecule has 1 aliphatic carbocycles. The number of rotatable bonds is 8. The molecule has 3 heteroatoms. The fourth-order valence-corrected chi connectivity index (χ4v) is 4.43. The predicted octanol–water partition coefficient (Wildman–Crippen LogP) is 4.80. The van der Waals surface area contributed by atoms with Gasteiger partial charge in [0.25, 0.3) is 0 Å². The molecule has 0 spiro atoms. The van der Waals surface area contributed by atoms with Gasteiger partial charge in [-0.2, -0.15) is 0 Å². The predicted molar refractivity (Wildman–Crippen MR) is 117 cm³/mol. The molecule has 0 bridgehead atoms. The van der Waals surface area contributed by atoms with Crippen molar-refractivity contribution in [3.05, 3.63) is 71.3 Å². The van der Waals surface area contributed by atoms with Crippen LogP contribution in [0.25, 0.3) is 6.08 Å². The van der Waals surface area contributed by atoms with Crippen LogP contribution >= 0.6 is 0 Å². The average molecular weight is 380 g/mol. The maximum absolute atomic E-state index is 11.8. The third kappa shape index (κ3) is 5.03. The van der Waals surface area contributed by atoms with E-state index in [-0.39, 0.29) is 5.92 Å². The lowest BCUT2D eigenvalue weighted by Crippen LogP contribution is -2.40. The second kappa shape index (κ2) is 9.40. The van der Waals surface area contributed by atoms with Gasteiger partial charge in [0.1, 0.15) is 5.75 Å². The lowest BCUT2D eigenvalue weighted by molar-refractivity contribution is 0.0161. The molecule has 1 N–H and O–H groups in total. The van der Waals surface area contributed by atoms with Crippen molar-refractivity contribution in [3.8, 4) is 5.75 Å². The van der Waals surface area contributed by atoms with Crippen molar-refractivity contribution in [1.29, 1.82) is 0 Å². The molecule has 1 fully saturated rings. The van der Waals surface area contributed by atoms with Crippen LogP contribution in [-0.2, 0) is 6.42 Å². The molecular formula is C25H33NO2. The molecule has 0 amide bonds. The van der Waals surface area contributed by atoms with Gasteiger partial charge in [-0.3, -0.25) is 0 Å². The summed E-state index contributed by atoms with van der Waals surface area (Å²) in [5, 5.41) is 11.8. The van der Waals surface area contributed by atoms with Crippen LogP contribution in [0, 0.1) is 5.92 Å². The highest BCUT2D eigenvalue weighted by Gasteiger charge is 2.44. The van der Waals surface area contributed by atoms with Gasteiger partial charge in [0.05, 0.1) is 12.7 Å². The summed E-state index contributed by atoms with van der Waals surface area (Å²) in [6.45, 7) is 0.914. The van der Waals surface area contributed by atoms with E-state index in [1.807, 2.05) is 18.2 Å². The molecule has 2 atom stereocenters. The Morgan fingerprint density at radius 3 is 2.64 bits per heavy atom. The van der Waals surface area contributed by atoms with Crippen LogP contribution in [0.2, 0.25) is 0 Å². The number of hydrogen-bond donors (Lipinski definition) is 1. The minimum Gasteiger partial charge on any atom is -0.497 e. The molecule has 2 unspecified atom stereocenters. The van der Waals surface area contributed by atoms with Gasteiger partial charge in [-0.05, 0) is 75.0 Å². The zero-order valence-electron chi connectivity index (χ0n) is 17.4. The van der Waals surface area contributed by atoms with E-state index in [1.165, 1.54) is 11.1 Å². The van der Waals surface area contributed by atoms with E-state index in [4.69, 9.17) is 4.74 Å². The lowest BCUT2D eigenvalue weighted by Gasteiger charge is -2.33. The Balaban J connectivity index is 1.80. The molecule has 150 valence electrons. The van der Waals surface area contributed by atoms with Crippen molar-refractivity contribution in [3.63, 3.8) is 0 Å². The molecule has 0 aromatic heterocycles. The fourth-order valence-electron chi connectivity index (χ4n) is 4.43. The highest BCUT2D eigenvalue weighted by atomic mass is 16.5. The second-order valence-electron chi connectivity index (χ2n) is 8.21. The number of methoxy groups -OCH3 is 1. The number of nitrogens with zero attached hydrogens (tertiary/aromatic N) is 1. The largest absolute Gasteiger partial charge is 0.497 e. The summed E-state index contributed by atoms with van der Waals surface area (Å²) in [6, 6.07) is 18.6. The van der Waals surface area contributed by atoms with E-state index in [1.54, 1.807) is 7.11 Å². The Hall–Kier alpha value is -2.10. The van der Waals surface area contributed by atoms with E-state index in [9.17, 15) is 5.11 Å². The molecule has 1 saturated carbocycles. The molecule has 0 aliphatic heterocycles. The maximum atomic E-state index is 11.8. The Bertz CT molecular complexity index is 784. The van der Waals surface area contributed by atoms with Gasteiger partial charge in [0, 0.05) is 12.5 Å². The molecule has 3 nitrogen and oxygen atoms in total. The SMILES string of the molecule is COc1cccc(C=C2CCC(CN(C)C)C2(O)CCCc2ccccc2)c1. The van der Waals surface area contributed by atoms with Gasteiger partial charge in [-0.15, -0.1) is 0 Å². The number of hydrogen-bond acceptors (Lipinski definition) is 3. The van der Waals surface area contributed by atoms with Gasteiger partial charge < -0.3 is 14.7 Å². The maximum Gasteiger partial charge on any atom is 0.119 e. The molecule has 0 saturated heterocycles. The van der Waals surface area contributed by atoms with Gasteiger partial charge in [-0.25, -0.2) is 0 Å². The number of aliphatic hydroxyl groups is 1. The molecule has 1 aliphatic rings. The first-order valence-corrected chi connectivity index (χ1v) is 10.3. The first-order chi connectivity index (χ1) is 13.5. The molecule has 3 rings (SSSR count). The summed E-state index contributed by atoms with van der Waals surface area (Å²) >= 11 is 0. The van der Waals surface area contributed by atoms with Crippen molar-refractivity contribution in [2.45, 2.75) is 37.7 Å². The van der Waals surface area contributed by atoms with Crippen molar-refractivity contribution >= 4 is 6.08 Å². The molecule has 0 radical (unpaired) electrons. The average Bonchev–Trinajstić information content (AvgIpc) is 2.98. The summed E-state index contributed by atoms with van der Waals surface area (Å²) in [5.41, 5.74) is 2.87. The number of benzene rings is 2. The molecule has 2 aromatic rings. The minimum absolute atomic E-state index is 0.273. The first kappa shape index (κ1) is 20.6. The topological polar surface area (TPSA) is 32.7 Å². The first-order valence-electron chi connectivity index (χ1n) is 10.3. The normalized spacial score (nSPS) is 23.5. The third-order valence-electron chi connectivity index (χ3n) is 5.88. The van der Waals surface area contributed by atoms with E-state index >= 15 is 0 Å². The Labute approximate surface area is 169 Å². The zero-order valence-corrected chi connectivity index (χ0v) is 17.4. The van der Waals surface area contributed by atoms with Crippen molar-refractivity contribution in [1.82, 2.24) is 4.90 Å². The highest BCUT2D eigenvalue weighted by Crippen LogP contribution is 2.44. The third-order valence-corrected chi connectivity index (χ3v) is 5.88. The van der Waals surface area contributed by atoms with E-state index in [2.05, 4.69) is 61.5 Å². The summed E-state index contributed by atoms with van der Waals surface area (Å²) < 4.78 is 5.36. The standard InChI is InChI=1S/C25H33NO2/c1-26(2)19-23-15-14-22(17-21-11-7-13-24(18-21)28-3)25(23,27)16-8-12-20-9-5-4-6-10-20/h4-7,9-11,13,17-18,23,27H,8,12,14-16,19H2,1-3H3. The number of aryl methyl sites for hydroxylation is 1. The second-order valence-corrected chi connectivity index (χ2v) is 8.21. The van der Waals surface area contributed by atoms with Crippen LogP contribution in [0.1, 0.15) is 36.8 Å². The highest BCUT2D eigenvalue weighted by molar-refractivity contribution is 5.58. The summed E-state index contributed by atoms with van der Waals surface area (Å²) in [7, 11) is 5.87. The molecule has 0 heterocycles. The quantitative estimate of drug-likeness (QED) is 0.715. The van der Waals surface area contributed by atoms with Crippen molar-refractivity contribution < 1.29 is 9.84 Å². The van der Waals surface area contributed by atoms with Crippen LogP contribution in [0.4, 0.5) is 0 Å². The Morgan fingerprint density at radius 1 is 1.14 bits per heavy atom. The monoisotopic (exact) mass is 379 g/mol. The van der Waals surface area contributed by atoms with Gasteiger partial charge in [0.15, 0.2) is 0 Å². The summed E-state index contributed by atoms with van der Waals surface area (Å²) in [4.78, 5) is 2.20. The summed E-state index contributed by atoms with van der Waals surface area (Å²) in [6.07, 6.45) is 6.97. The van der Waals surface area contributed by atoms with Gasteiger partial charge in [0.2, 0.25) is 0 Å². The van der Waals surface area contributed by atoms with Gasteiger partial charge >= 0.3 is 0 Å². The van der Waals surface area contributed by atoms with E-state index < -0.39 is 5.60 Å². The van der Waals surface area contributed by atoms with Crippen LogP contribution in [0.5, 0.6) is 5.75 Å². The number of ether oxygens (including phenoxy) is 1. The van der Waals surface area contributed by atoms with Crippen LogP contribution in [0.3, 0.4) is 0 Å².